The van der Waals surface area contributed by atoms with Crippen LogP contribution >= 0.6 is 0 Å². The van der Waals surface area contributed by atoms with Gasteiger partial charge in [-0.3, -0.25) is 0 Å². The molecule has 3 aromatic rings. The number of ether oxygens (including phenoxy) is 2. The minimum absolute atomic E-state index is 0.00786. The Morgan fingerprint density at radius 1 is 1.20 bits per heavy atom. The summed E-state index contributed by atoms with van der Waals surface area (Å²) in [5, 5.41) is 12.6. The Kier molecular flexibility index (Phi) is 4.79. The van der Waals surface area contributed by atoms with E-state index in [1.165, 1.54) is 6.20 Å². The number of hydrogen-bond donors (Lipinski definition) is 0. The topological polar surface area (TPSA) is 75.4 Å². The number of aromatic nitrogens is 2. The molecule has 0 atom stereocenters. The molecule has 128 valence electrons. The van der Waals surface area contributed by atoms with Gasteiger partial charge in [-0.2, -0.15) is 0 Å². The second-order valence-corrected chi connectivity index (χ2v) is 5.45. The van der Waals surface area contributed by atoms with Crippen molar-refractivity contribution in [2.75, 3.05) is 6.61 Å². The zero-order valence-corrected chi connectivity index (χ0v) is 14.1. The standard InChI is InChI=1S/C19H18N2O4/c1-3-24-19(22)18-13(2)14-8-4-5-9-15(14)20-16(18)12-25-17-10-6-7-11-21(17)23/h4-11H,3,12H2,1-2H3. The van der Waals surface area contributed by atoms with E-state index in [4.69, 9.17) is 9.47 Å². The first-order valence-corrected chi connectivity index (χ1v) is 7.98. The highest BCUT2D eigenvalue weighted by atomic mass is 16.6. The van der Waals surface area contributed by atoms with E-state index in [1.807, 2.05) is 31.2 Å². The summed E-state index contributed by atoms with van der Waals surface area (Å²) in [5.41, 5.74) is 2.37. The lowest BCUT2D eigenvalue weighted by molar-refractivity contribution is -0.613. The summed E-state index contributed by atoms with van der Waals surface area (Å²) in [5.74, 6) is -0.301. The number of esters is 1. The number of nitrogens with zero attached hydrogens (tertiary/aromatic N) is 2. The monoisotopic (exact) mass is 338 g/mol. The van der Waals surface area contributed by atoms with Crippen molar-refractivity contribution >= 4 is 16.9 Å². The maximum Gasteiger partial charge on any atom is 0.379 e. The molecular weight excluding hydrogens is 320 g/mol. The summed E-state index contributed by atoms with van der Waals surface area (Å²) in [6, 6.07) is 12.4. The van der Waals surface area contributed by atoms with Gasteiger partial charge < -0.3 is 14.7 Å². The minimum atomic E-state index is -0.445. The Bertz CT molecular complexity index is 924. The van der Waals surface area contributed by atoms with E-state index in [0.29, 0.717) is 16.0 Å². The first-order valence-electron chi connectivity index (χ1n) is 7.98. The lowest BCUT2D eigenvalue weighted by Gasteiger charge is -2.14. The van der Waals surface area contributed by atoms with Crippen molar-refractivity contribution in [3.05, 3.63) is 70.7 Å². The molecule has 0 unspecified atom stereocenters. The molecule has 2 aromatic heterocycles. The predicted molar refractivity (Wildman–Crippen MR) is 92.2 cm³/mol. The third-order valence-corrected chi connectivity index (χ3v) is 3.85. The summed E-state index contributed by atoms with van der Waals surface area (Å²) in [4.78, 5) is 17.0. The van der Waals surface area contributed by atoms with Crippen LogP contribution in [-0.4, -0.2) is 17.6 Å². The summed E-state index contributed by atoms with van der Waals surface area (Å²) in [7, 11) is 0. The third kappa shape index (κ3) is 3.38. The Hall–Kier alpha value is -3.15. The molecule has 3 rings (SSSR count). The molecule has 0 amide bonds. The molecule has 0 aliphatic heterocycles. The largest absolute Gasteiger partial charge is 0.616 e. The number of benzene rings is 1. The molecule has 2 heterocycles. The van der Waals surface area contributed by atoms with Crippen LogP contribution in [0.2, 0.25) is 0 Å². The Morgan fingerprint density at radius 3 is 2.72 bits per heavy atom. The van der Waals surface area contributed by atoms with Crippen molar-refractivity contribution in [2.45, 2.75) is 20.5 Å². The zero-order valence-electron chi connectivity index (χ0n) is 14.1. The first-order chi connectivity index (χ1) is 12.1. The van der Waals surface area contributed by atoms with Crippen LogP contribution in [0.3, 0.4) is 0 Å². The average molecular weight is 338 g/mol. The maximum absolute atomic E-state index is 12.4. The van der Waals surface area contributed by atoms with Crippen LogP contribution in [0.25, 0.3) is 10.9 Å². The van der Waals surface area contributed by atoms with Crippen molar-refractivity contribution in [1.82, 2.24) is 4.98 Å². The van der Waals surface area contributed by atoms with Crippen LogP contribution in [0.5, 0.6) is 5.88 Å². The SMILES string of the molecule is CCOC(=O)c1c(COc2cccc[n+]2[O-])nc2ccccc2c1C. The molecule has 0 saturated carbocycles. The molecular formula is C19H18N2O4. The molecule has 0 aliphatic carbocycles. The van der Waals surface area contributed by atoms with Gasteiger partial charge in [0.2, 0.25) is 0 Å². The second-order valence-electron chi connectivity index (χ2n) is 5.45. The van der Waals surface area contributed by atoms with Crippen molar-refractivity contribution in [1.29, 1.82) is 0 Å². The molecule has 0 spiro atoms. The minimum Gasteiger partial charge on any atom is -0.616 e. The predicted octanol–water partition coefficient (Wildman–Crippen LogP) is 2.93. The van der Waals surface area contributed by atoms with Gasteiger partial charge in [-0.05, 0) is 31.5 Å². The van der Waals surface area contributed by atoms with Gasteiger partial charge in [0.1, 0.15) is 6.61 Å². The Labute approximate surface area is 145 Å². The van der Waals surface area contributed by atoms with Crippen molar-refractivity contribution in [3.63, 3.8) is 0 Å². The molecule has 1 aromatic carbocycles. The number of hydrogen-bond acceptors (Lipinski definition) is 5. The third-order valence-electron chi connectivity index (χ3n) is 3.85. The van der Waals surface area contributed by atoms with Gasteiger partial charge in [0, 0.05) is 11.5 Å². The van der Waals surface area contributed by atoms with Crippen LogP contribution < -0.4 is 9.47 Å². The van der Waals surface area contributed by atoms with Gasteiger partial charge in [0.25, 0.3) is 0 Å². The van der Waals surface area contributed by atoms with Gasteiger partial charge in [0.05, 0.1) is 29.4 Å². The zero-order chi connectivity index (χ0) is 17.8. The normalized spacial score (nSPS) is 10.6. The fourth-order valence-electron chi connectivity index (χ4n) is 2.69. The number of carbonyl (C=O) groups excluding carboxylic acids is 1. The average Bonchev–Trinajstić information content (AvgIpc) is 2.61. The highest BCUT2D eigenvalue weighted by Crippen LogP contribution is 2.24. The number of pyridine rings is 2. The highest BCUT2D eigenvalue weighted by Gasteiger charge is 2.21. The summed E-state index contributed by atoms with van der Waals surface area (Å²) in [6.45, 7) is 3.87. The maximum atomic E-state index is 12.4. The smallest absolute Gasteiger partial charge is 0.379 e. The lowest BCUT2D eigenvalue weighted by Crippen LogP contribution is -2.28. The number of rotatable bonds is 5. The molecule has 0 N–H and O–H groups in total. The Morgan fingerprint density at radius 2 is 1.96 bits per heavy atom. The van der Waals surface area contributed by atoms with E-state index < -0.39 is 5.97 Å². The van der Waals surface area contributed by atoms with E-state index in [0.717, 1.165) is 16.5 Å². The van der Waals surface area contributed by atoms with Crippen LogP contribution in [0, 0.1) is 12.1 Å². The fraction of sp³-hybridized carbons (Fsp3) is 0.211. The Balaban J connectivity index is 2.04. The molecule has 6 heteroatoms. The van der Waals surface area contributed by atoms with Gasteiger partial charge in [-0.1, -0.05) is 18.2 Å². The number of fused-ring (bicyclic) bond motifs is 1. The van der Waals surface area contributed by atoms with Gasteiger partial charge >= 0.3 is 11.8 Å². The van der Waals surface area contributed by atoms with Crippen LogP contribution in [0.1, 0.15) is 28.5 Å². The van der Waals surface area contributed by atoms with E-state index in [-0.39, 0.29) is 19.1 Å². The summed E-state index contributed by atoms with van der Waals surface area (Å²) in [6.07, 6.45) is 1.35. The van der Waals surface area contributed by atoms with Crippen LogP contribution in [-0.2, 0) is 11.3 Å². The number of carbonyl (C=O) groups is 1. The number of aryl methyl sites for hydroxylation is 1. The quantitative estimate of drug-likeness (QED) is 0.406. The van der Waals surface area contributed by atoms with E-state index >= 15 is 0 Å². The number of para-hydroxylation sites is 1. The molecule has 0 bridgehead atoms. The molecule has 25 heavy (non-hydrogen) atoms. The van der Waals surface area contributed by atoms with Gasteiger partial charge in [-0.15, -0.1) is 4.73 Å². The second kappa shape index (κ2) is 7.17. The van der Waals surface area contributed by atoms with E-state index in [1.54, 1.807) is 25.1 Å². The summed E-state index contributed by atoms with van der Waals surface area (Å²) >= 11 is 0. The molecule has 6 nitrogen and oxygen atoms in total. The lowest BCUT2D eigenvalue weighted by atomic mass is 10.0. The van der Waals surface area contributed by atoms with Crippen LogP contribution in [0.4, 0.5) is 0 Å². The molecule has 0 saturated heterocycles. The molecule has 0 radical (unpaired) electrons. The highest BCUT2D eigenvalue weighted by molar-refractivity contribution is 5.98. The molecule has 0 fully saturated rings. The van der Waals surface area contributed by atoms with E-state index in [2.05, 4.69) is 4.98 Å². The van der Waals surface area contributed by atoms with Gasteiger partial charge in [-0.25, -0.2) is 9.78 Å². The molecule has 0 aliphatic rings. The van der Waals surface area contributed by atoms with Crippen LogP contribution in [0.15, 0.2) is 48.7 Å². The fourth-order valence-corrected chi connectivity index (χ4v) is 2.69. The first kappa shape index (κ1) is 16.7. The van der Waals surface area contributed by atoms with Crippen molar-refractivity contribution in [3.8, 4) is 5.88 Å². The van der Waals surface area contributed by atoms with Gasteiger partial charge in [0.15, 0.2) is 6.20 Å². The summed E-state index contributed by atoms with van der Waals surface area (Å²) < 4.78 is 11.4. The van der Waals surface area contributed by atoms with Crippen molar-refractivity contribution in [2.24, 2.45) is 0 Å². The van der Waals surface area contributed by atoms with E-state index in [9.17, 15) is 10.0 Å². The van der Waals surface area contributed by atoms with Crippen molar-refractivity contribution < 1.29 is 19.0 Å².